The van der Waals surface area contributed by atoms with Gasteiger partial charge in [0, 0.05) is 63.9 Å². The minimum atomic E-state index is -1.01. The second-order valence-electron chi connectivity index (χ2n) is 16.9. The van der Waals surface area contributed by atoms with Gasteiger partial charge in [0.1, 0.15) is 28.5 Å². The number of hydrogen-bond donors (Lipinski definition) is 6. The lowest BCUT2D eigenvalue weighted by molar-refractivity contribution is -0.156. The number of carboxylic acids is 2. The predicted octanol–water partition coefficient (Wildman–Crippen LogP) is 19.8. The van der Waals surface area contributed by atoms with E-state index in [-0.39, 0.29) is 101 Å². The van der Waals surface area contributed by atoms with Gasteiger partial charge in [0.05, 0.1) is 49.8 Å². The molecular formula is C72H114Br2ClFIN11O10. The largest absolute Gasteiger partial charge is 0.478 e. The zero-order valence-corrected chi connectivity index (χ0v) is 63.2. The Labute approximate surface area is 622 Å². The van der Waals surface area contributed by atoms with Gasteiger partial charge in [-0.2, -0.15) is 0 Å². The number of H-pyrrole nitrogens is 1. The fourth-order valence-electron chi connectivity index (χ4n) is 7.17. The van der Waals surface area contributed by atoms with Crippen LogP contribution in [0.5, 0.6) is 0 Å². The van der Waals surface area contributed by atoms with Crippen LogP contribution in [0.25, 0.3) is 43.6 Å². The summed E-state index contributed by atoms with van der Waals surface area (Å²) < 4.78 is 5.43. The summed E-state index contributed by atoms with van der Waals surface area (Å²) in [5.41, 5.74) is 16.3. The van der Waals surface area contributed by atoms with Gasteiger partial charge in [-0.25, -0.2) is 44.5 Å². The highest BCUT2D eigenvalue weighted by molar-refractivity contribution is 14.0. The molecule has 0 aliphatic heterocycles. The number of Topliss-reactive ketones (excluding diaryl/α,β-unsaturated/α-hetero) is 1. The minimum absolute atomic E-state index is 0. The van der Waals surface area contributed by atoms with Crippen LogP contribution < -0.4 is 22.3 Å². The van der Waals surface area contributed by atoms with Crippen LogP contribution in [0, 0.1) is 41.5 Å². The second kappa shape index (κ2) is 61.5. The molecule has 21 nitrogen and oxygen atoms in total. The van der Waals surface area contributed by atoms with E-state index in [1.807, 2.05) is 140 Å². The van der Waals surface area contributed by atoms with Gasteiger partial charge in [0.15, 0.2) is 5.78 Å². The molecule has 0 saturated carbocycles. The number of rotatable bonds is 5. The van der Waals surface area contributed by atoms with Crippen LogP contribution in [0.1, 0.15) is 219 Å². The molecule has 0 unspecified atom stereocenters. The number of benzene rings is 5. The zero-order chi connectivity index (χ0) is 70.8. The number of fused-ring (bicyclic) bond motifs is 4. The van der Waals surface area contributed by atoms with Crippen molar-refractivity contribution in [2.45, 2.75) is 183 Å². The maximum Gasteiger partial charge on any atom is 0.337 e. The molecule has 552 valence electrons. The summed E-state index contributed by atoms with van der Waals surface area (Å²) in [6.07, 6.45) is 0. The first-order valence-corrected chi connectivity index (χ1v) is 31.4. The molecular weight excluding hydrogens is 1520 g/mol. The molecule has 9 rings (SSSR count). The van der Waals surface area contributed by atoms with Crippen LogP contribution in [0.2, 0.25) is 5.15 Å². The maximum absolute atomic E-state index is 11.9. The van der Waals surface area contributed by atoms with Gasteiger partial charge in [-0.15, -0.1) is 24.0 Å². The molecule has 0 aliphatic rings. The number of esters is 2. The van der Waals surface area contributed by atoms with Crippen LogP contribution >= 0.6 is 67.4 Å². The molecule has 8 N–H and O–H groups in total. The summed E-state index contributed by atoms with van der Waals surface area (Å²) in [4.78, 5) is 108. The van der Waals surface area contributed by atoms with Gasteiger partial charge in [-0.05, 0) is 142 Å². The molecule has 98 heavy (non-hydrogen) atoms. The number of ether oxygens (including phenoxy) is 1. The second-order valence-corrected chi connectivity index (χ2v) is 19.0. The number of carboxylic acid groups (broad SMARTS) is 2. The fraction of sp³-hybridized carbons (Fsp3) is 0.389. The van der Waals surface area contributed by atoms with Crippen LogP contribution in [0.15, 0.2) is 105 Å². The Bertz CT molecular complexity index is 3760. The van der Waals surface area contributed by atoms with E-state index in [1.165, 1.54) is 26.8 Å². The van der Waals surface area contributed by atoms with Crippen molar-refractivity contribution in [3.63, 3.8) is 0 Å². The lowest BCUT2D eigenvalue weighted by Crippen LogP contribution is -2.23. The van der Waals surface area contributed by atoms with E-state index in [4.69, 9.17) is 33.3 Å². The number of nitrogens with zero attached hydrogens (tertiary/aromatic N) is 7. The normalized spacial score (nSPS) is 8.58. The predicted molar refractivity (Wildman–Crippen MR) is 430 cm³/mol. The van der Waals surface area contributed by atoms with E-state index >= 15 is 0 Å². The van der Waals surface area contributed by atoms with E-state index in [1.54, 1.807) is 69.3 Å². The molecule has 0 fully saturated rings. The number of para-hydroxylation sites is 5. The van der Waals surface area contributed by atoms with Crippen molar-refractivity contribution in [1.82, 2.24) is 45.2 Å². The van der Waals surface area contributed by atoms with Crippen molar-refractivity contribution in [2.75, 3.05) is 18.8 Å². The Kier molecular flexibility index (Phi) is 70.0. The standard InChI is InChI=1S/C13H15N3O.C11H9ClN2O.C11H10N2O2.C9H7BrN2O.C7H6BrNO2.C4H6O3.C2H7N.5C2H6.5CH4.FH.HI.H2/c1-4-14-13(17)11-7-5-6-10-8(2)15-9(3)16-12(10)11;1-6(15)8-4-3-5-9-10(8)13-7(2)14-11(9)12;1-6-8-4-3-5-9(11(14)15)10(8)13-7(2)12-6;1-5-11-8-6(9(13)12-5)3-2-4-7(8)10;8-5-3-1-2-4(6(5)9)7(10)11;1-3(5)7-4(2)6;1-2-3;5*1-2;;;;;;;;/h5-7H,4H2,1-3H3,(H,14,17);3-5H,1-2H3;3-5H,1-2H3,(H,14,15);2-4H,1H3,(H,11,12,13);1-3H,9H2,(H,10,11);1-2H3;2-3H2,1H3;5*1-2H3;5*1H4;3*1H. The monoisotopic (exact) mass is 1630 g/mol. The number of hydrogen-bond acceptors (Lipinski definition) is 17. The lowest BCUT2D eigenvalue weighted by Gasteiger charge is -2.08. The number of ketones is 1. The van der Waals surface area contributed by atoms with Gasteiger partial charge in [0.2, 0.25) is 0 Å². The number of nitrogens with two attached hydrogens (primary N) is 2. The molecule has 9 aromatic rings. The highest BCUT2D eigenvalue weighted by Crippen LogP contribution is 2.25. The van der Waals surface area contributed by atoms with E-state index in [2.05, 4.69) is 81.8 Å². The van der Waals surface area contributed by atoms with Gasteiger partial charge in [0.25, 0.3) is 11.5 Å². The first kappa shape index (κ1) is 112. The molecule has 0 bridgehead atoms. The summed E-state index contributed by atoms with van der Waals surface area (Å²) in [5, 5.41) is 23.8. The molecule has 0 atom stereocenters. The van der Waals surface area contributed by atoms with Gasteiger partial charge >= 0.3 is 23.9 Å². The molecule has 0 aliphatic carbocycles. The van der Waals surface area contributed by atoms with E-state index in [9.17, 15) is 33.6 Å². The van der Waals surface area contributed by atoms with E-state index in [0.717, 1.165) is 44.1 Å². The molecule has 0 radical (unpaired) electrons. The first-order chi connectivity index (χ1) is 43.2. The average Bonchev–Trinajstić information content (AvgIpc) is 0.822. The molecule has 26 heteroatoms. The Morgan fingerprint density at radius 1 is 0.520 bits per heavy atom. The quantitative estimate of drug-likeness (QED) is 0.0233. The number of amides is 1. The Hall–Kier alpha value is -7.85. The van der Waals surface area contributed by atoms with Crippen LogP contribution in [0.4, 0.5) is 10.4 Å². The Balaban J connectivity index is -0.000000100. The van der Waals surface area contributed by atoms with Crippen LogP contribution in [-0.4, -0.2) is 98.7 Å². The number of anilines is 1. The van der Waals surface area contributed by atoms with Gasteiger partial charge in [-0.3, -0.25) is 28.7 Å². The maximum atomic E-state index is 11.9. The van der Waals surface area contributed by atoms with Crippen molar-refractivity contribution >= 4 is 152 Å². The van der Waals surface area contributed by atoms with E-state index in [0.29, 0.717) is 72.5 Å². The van der Waals surface area contributed by atoms with Crippen LogP contribution in [-0.2, 0) is 14.3 Å². The van der Waals surface area contributed by atoms with Crippen LogP contribution in [0.3, 0.4) is 0 Å². The number of aromatic carboxylic acids is 2. The third kappa shape index (κ3) is 37.8. The van der Waals surface area contributed by atoms with Crippen molar-refractivity contribution in [2.24, 2.45) is 5.73 Å². The average molecular weight is 1630 g/mol. The SMILES string of the molecule is C.C.C.C.C.CC.CC.CC.CC.CC.CC(=O)OC(C)=O.CC(=O)c1cccc2c(Cl)nc(C)nc12.CCN.CCNC(=O)c1cccc2c(C)nc(C)nc12.Cc1nc(C)c2cccc(C(=O)O)c2n1.Cc1nc2c(Br)cccc2c(=O)[nH]1.F.I.Nc1c(Br)cccc1C(=O)O.[HH]. The Morgan fingerprint density at radius 2 is 0.857 bits per heavy atom. The van der Waals surface area contributed by atoms with Crippen molar-refractivity contribution in [3.05, 3.63) is 172 Å². The summed E-state index contributed by atoms with van der Waals surface area (Å²) in [5.74, 6) is -0.724. The number of carbonyl (C=O) groups is 6. The molecule has 5 aromatic carbocycles. The third-order valence-corrected chi connectivity index (χ3v) is 12.0. The summed E-state index contributed by atoms with van der Waals surface area (Å²) in [6, 6.07) is 26.2. The summed E-state index contributed by atoms with van der Waals surface area (Å²) in [6.45, 7) is 39.9. The summed E-state index contributed by atoms with van der Waals surface area (Å²) >= 11 is 12.5. The fourth-order valence-corrected chi connectivity index (χ4v) is 8.27. The van der Waals surface area contributed by atoms with Crippen molar-refractivity contribution in [1.29, 1.82) is 0 Å². The van der Waals surface area contributed by atoms with Crippen molar-refractivity contribution < 1.29 is 49.8 Å². The van der Waals surface area contributed by atoms with Gasteiger partial charge in [-0.1, -0.05) is 167 Å². The summed E-state index contributed by atoms with van der Waals surface area (Å²) in [7, 11) is 0. The molecule has 4 aromatic heterocycles. The third-order valence-electron chi connectivity index (χ3n) is 10.4. The number of aromatic nitrogens is 8. The molecule has 4 heterocycles. The molecule has 0 spiro atoms. The molecule has 0 saturated heterocycles. The lowest BCUT2D eigenvalue weighted by atomic mass is 10.1. The number of carbonyl (C=O) groups excluding carboxylic acids is 4. The number of halogens is 5. The van der Waals surface area contributed by atoms with Gasteiger partial charge < -0.3 is 36.7 Å². The number of aromatic amines is 1. The molecule has 1 amide bonds. The number of nitrogen functional groups attached to an aromatic ring is 1. The van der Waals surface area contributed by atoms with E-state index < -0.39 is 23.9 Å². The van der Waals surface area contributed by atoms with Crippen molar-refractivity contribution in [3.8, 4) is 0 Å². The zero-order valence-electron chi connectivity index (χ0n) is 57.0. The topological polar surface area (TPSA) is 339 Å². The number of nitrogens with one attached hydrogen (secondary N) is 2. The highest BCUT2D eigenvalue weighted by Gasteiger charge is 2.15. The Morgan fingerprint density at radius 3 is 1.24 bits per heavy atom. The number of aryl methyl sites for hydroxylation is 6. The first-order valence-electron chi connectivity index (χ1n) is 29.4. The minimum Gasteiger partial charge on any atom is -0.478 e. The highest BCUT2D eigenvalue weighted by atomic mass is 127. The smallest absolute Gasteiger partial charge is 0.337 e.